The van der Waals surface area contributed by atoms with Gasteiger partial charge in [-0.25, -0.2) is 13.1 Å². The third-order valence-electron chi connectivity index (χ3n) is 2.54. The maximum absolute atomic E-state index is 12.0. The Balaban J connectivity index is 2.63. The van der Waals surface area contributed by atoms with Gasteiger partial charge in [0.25, 0.3) is 0 Å². The highest BCUT2D eigenvalue weighted by Gasteiger charge is 2.15. The Morgan fingerprint density at radius 3 is 2.68 bits per heavy atom. The first-order chi connectivity index (χ1) is 8.96. The van der Waals surface area contributed by atoms with Crippen LogP contribution in [0.1, 0.15) is 25.0 Å². The average Bonchev–Trinajstić information content (AvgIpc) is 2.35. The van der Waals surface area contributed by atoms with Crippen molar-refractivity contribution >= 4 is 10.0 Å². The highest BCUT2D eigenvalue weighted by molar-refractivity contribution is 7.88. The molecule has 0 heterocycles. The monoisotopic (exact) mass is 286 g/mol. The molecule has 0 aliphatic heterocycles. The van der Waals surface area contributed by atoms with Crippen LogP contribution in [-0.4, -0.2) is 27.7 Å². The Hall–Kier alpha value is -0.950. The molecular formula is C13H22N2O3S. The van der Waals surface area contributed by atoms with E-state index in [0.717, 1.165) is 11.1 Å². The molecule has 3 N–H and O–H groups in total. The van der Waals surface area contributed by atoms with Crippen LogP contribution in [0.5, 0.6) is 0 Å². The van der Waals surface area contributed by atoms with Crippen LogP contribution in [0.3, 0.4) is 0 Å². The summed E-state index contributed by atoms with van der Waals surface area (Å²) in [5.74, 6) is -0.0443. The maximum atomic E-state index is 12.0. The Bertz CT molecular complexity index is 488. The maximum Gasteiger partial charge on any atom is 0.216 e. The van der Waals surface area contributed by atoms with Crippen LogP contribution in [0.4, 0.5) is 0 Å². The molecular weight excluding hydrogens is 264 g/mol. The molecule has 1 rings (SSSR count). The van der Waals surface area contributed by atoms with Crippen LogP contribution >= 0.6 is 0 Å². The van der Waals surface area contributed by atoms with Crippen molar-refractivity contribution in [1.29, 1.82) is 0 Å². The second-order valence-electron chi connectivity index (χ2n) is 4.46. The zero-order chi connectivity index (χ0) is 14.3. The molecule has 0 aliphatic carbocycles. The third-order valence-corrected chi connectivity index (χ3v) is 4.01. The molecule has 1 aromatic rings. The molecule has 0 fully saturated rings. The predicted molar refractivity (Wildman–Crippen MR) is 76.0 cm³/mol. The van der Waals surface area contributed by atoms with Crippen molar-refractivity contribution in [3.8, 4) is 0 Å². The third kappa shape index (κ3) is 6.15. The van der Waals surface area contributed by atoms with E-state index in [1.54, 1.807) is 13.0 Å². The van der Waals surface area contributed by atoms with Gasteiger partial charge in [0.05, 0.1) is 12.4 Å². The summed E-state index contributed by atoms with van der Waals surface area (Å²) < 4.78 is 31.7. The molecule has 1 atom stereocenters. The molecule has 0 aliphatic rings. The number of ether oxygens (including phenoxy) is 1. The van der Waals surface area contributed by atoms with Crippen molar-refractivity contribution in [3.05, 3.63) is 35.4 Å². The van der Waals surface area contributed by atoms with Gasteiger partial charge >= 0.3 is 0 Å². The first kappa shape index (κ1) is 16.1. The molecule has 0 saturated carbocycles. The molecule has 0 bridgehead atoms. The molecule has 0 spiro atoms. The van der Waals surface area contributed by atoms with Gasteiger partial charge in [0, 0.05) is 19.2 Å². The van der Waals surface area contributed by atoms with Gasteiger partial charge in [0.2, 0.25) is 10.0 Å². The number of nitrogens with two attached hydrogens (primary N) is 1. The van der Waals surface area contributed by atoms with E-state index in [1.807, 2.05) is 25.1 Å². The van der Waals surface area contributed by atoms with Crippen LogP contribution in [0.25, 0.3) is 0 Å². The second kappa shape index (κ2) is 7.59. The summed E-state index contributed by atoms with van der Waals surface area (Å²) in [6.45, 7) is 5.01. The van der Waals surface area contributed by atoms with Crippen molar-refractivity contribution in [2.75, 3.05) is 13.2 Å². The number of hydrogen-bond donors (Lipinski definition) is 2. The number of nitrogens with one attached hydrogen (secondary N) is 1. The normalized spacial score (nSPS) is 13.4. The summed E-state index contributed by atoms with van der Waals surface area (Å²) >= 11 is 0. The van der Waals surface area contributed by atoms with Crippen LogP contribution in [-0.2, 0) is 27.1 Å². The first-order valence-corrected chi connectivity index (χ1v) is 7.97. The average molecular weight is 286 g/mol. The molecule has 5 nitrogen and oxygen atoms in total. The smallest absolute Gasteiger partial charge is 0.216 e. The SMILES string of the molecule is CCOCC(C)NS(=O)(=O)Cc1cccc(CN)c1. The number of rotatable bonds is 8. The lowest BCUT2D eigenvalue weighted by atomic mass is 10.1. The zero-order valence-electron chi connectivity index (χ0n) is 11.4. The van der Waals surface area contributed by atoms with E-state index in [9.17, 15) is 8.42 Å². The lowest BCUT2D eigenvalue weighted by Gasteiger charge is -2.14. The largest absolute Gasteiger partial charge is 0.380 e. The van der Waals surface area contributed by atoms with Gasteiger partial charge in [-0.15, -0.1) is 0 Å². The van der Waals surface area contributed by atoms with E-state index >= 15 is 0 Å². The second-order valence-corrected chi connectivity index (χ2v) is 6.22. The molecule has 0 saturated heterocycles. The van der Waals surface area contributed by atoms with Crippen molar-refractivity contribution < 1.29 is 13.2 Å². The van der Waals surface area contributed by atoms with Crippen molar-refractivity contribution in [1.82, 2.24) is 4.72 Å². The van der Waals surface area contributed by atoms with Crippen LogP contribution in [0.2, 0.25) is 0 Å². The summed E-state index contributed by atoms with van der Waals surface area (Å²) in [5.41, 5.74) is 7.20. The van der Waals surface area contributed by atoms with E-state index in [2.05, 4.69) is 4.72 Å². The fourth-order valence-electron chi connectivity index (χ4n) is 1.74. The molecule has 0 aromatic heterocycles. The van der Waals surface area contributed by atoms with Gasteiger partial charge in [-0.2, -0.15) is 0 Å². The molecule has 1 unspecified atom stereocenters. The van der Waals surface area contributed by atoms with Crippen LogP contribution in [0.15, 0.2) is 24.3 Å². The Kier molecular flexibility index (Phi) is 6.44. The Morgan fingerprint density at radius 1 is 1.37 bits per heavy atom. The predicted octanol–water partition coefficient (Wildman–Crippen LogP) is 0.990. The van der Waals surface area contributed by atoms with Gasteiger partial charge in [-0.1, -0.05) is 24.3 Å². The Morgan fingerprint density at radius 2 is 2.05 bits per heavy atom. The fourth-order valence-corrected chi connectivity index (χ4v) is 3.13. The molecule has 19 heavy (non-hydrogen) atoms. The Labute approximate surface area is 115 Å². The highest BCUT2D eigenvalue weighted by Crippen LogP contribution is 2.08. The van der Waals surface area contributed by atoms with Gasteiger partial charge in [0.1, 0.15) is 0 Å². The quantitative estimate of drug-likeness (QED) is 0.746. The van der Waals surface area contributed by atoms with Crippen molar-refractivity contribution in [2.24, 2.45) is 5.73 Å². The highest BCUT2D eigenvalue weighted by atomic mass is 32.2. The van der Waals surface area contributed by atoms with E-state index in [4.69, 9.17) is 10.5 Å². The van der Waals surface area contributed by atoms with E-state index in [0.29, 0.717) is 19.8 Å². The topological polar surface area (TPSA) is 81.4 Å². The zero-order valence-corrected chi connectivity index (χ0v) is 12.2. The number of hydrogen-bond acceptors (Lipinski definition) is 4. The number of benzene rings is 1. The lowest BCUT2D eigenvalue weighted by molar-refractivity contribution is 0.133. The van der Waals surface area contributed by atoms with Gasteiger partial charge in [-0.3, -0.25) is 0 Å². The standard InChI is InChI=1S/C13H22N2O3S/c1-3-18-9-11(2)15-19(16,17)10-13-6-4-5-12(7-13)8-14/h4-7,11,15H,3,8-10,14H2,1-2H3. The van der Waals surface area contributed by atoms with Gasteiger partial charge < -0.3 is 10.5 Å². The van der Waals surface area contributed by atoms with Gasteiger partial charge in [-0.05, 0) is 25.0 Å². The molecule has 1 aromatic carbocycles. The van der Waals surface area contributed by atoms with E-state index in [-0.39, 0.29) is 11.8 Å². The van der Waals surface area contributed by atoms with Crippen LogP contribution < -0.4 is 10.5 Å². The summed E-state index contributed by atoms with van der Waals surface area (Å²) in [4.78, 5) is 0. The summed E-state index contributed by atoms with van der Waals surface area (Å²) in [6, 6.07) is 7.05. The molecule has 6 heteroatoms. The van der Waals surface area contributed by atoms with Crippen molar-refractivity contribution in [3.63, 3.8) is 0 Å². The minimum absolute atomic E-state index is 0.0443. The summed E-state index contributed by atoms with van der Waals surface area (Å²) in [6.07, 6.45) is 0. The summed E-state index contributed by atoms with van der Waals surface area (Å²) in [5, 5.41) is 0. The fraction of sp³-hybridized carbons (Fsp3) is 0.538. The minimum Gasteiger partial charge on any atom is -0.380 e. The number of sulfonamides is 1. The summed E-state index contributed by atoms with van der Waals surface area (Å²) in [7, 11) is -3.36. The van der Waals surface area contributed by atoms with Crippen LogP contribution in [0, 0.1) is 0 Å². The first-order valence-electron chi connectivity index (χ1n) is 6.32. The van der Waals surface area contributed by atoms with E-state index < -0.39 is 10.0 Å². The van der Waals surface area contributed by atoms with Gasteiger partial charge in [0.15, 0.2) is 0 Å². The van der Waals surface area contributed by atoms with Crippen molar-refractivity contribution in [2.45, 2.75) is 32.2 Å². The molecule has 0 radical (unpaired) electrons. The minimum atomic E-state index is -3.36. The molecule has 108 valence electrons. The molecule has 0 amide bonds. The lowest BCUT2D eigenvalue weighted by Crippen LogP contribution is -2.36. The van der Waals surface area contributed by atoms with E-state index in [1.165, 1.54) is 0 Å².